The second-order valence-corrected chi connectivity index (χ2v) is 10.7. The highest BCUT2D eigenvalue weighted by atomic mass is 79.9. The van der Waals surface area contributed by atoms with Crippen molar-refractivity contribution in [3.05, 3.63) is 0 Å². The van der Waals surface area contributed by atoms with Crippen LogP contribution in [-0.2, 0) is 9.59 Å². The molecule has 0 bridgehead atoms. The van der Waals surface area contributed by atoms with Crippen LogP contribution < -0.4 is 0 Å². The fourth-order valence-electron chi connectivity index (χ4n) is 4.65. The van der Waals surface area contributed by atoms with Gasteiger partial charge in [0.1, 0.15) is 0 Å². The topological polar surface area (TPSA) is 47.1 Å². The van der Waals surface area contributed by atoms with E-state index >= 15 is 0 Å². The maximum absolute atomic E-state index is 11.9. The van der Waals surface area contributed by atoms with E-state index in [1.807, 2.05) is 9.80 Å². The average Bonchev–Trinajstić information content (AvgIpc) is 2.81. The van der Waals surface area contributed by atoms with Crippen LogP contribution in [0.15, 0.2) is 0 Å². The Balaban J connectivity index is 0.00000544. The first kappa shape index (κ1) is 34.4. The predicted octanol–water partition coefficient (Wildman–Crippen LogP) is 4.81. The zero-order valence-electron chi connectivity index (χ0n) is 20.7. The molecule has 0 radical (unpaired) electrons. The highest BCUT2D eigenvalue weighted by molar-refractivity contribution is 9.09. The van der Waals surface area contributed by atoms with E-state index in [0.29, 0.717) is 24.7 Å². The molecule has 2 aliphatic heterocycles. The van der Waals surface area contributed by atoms with Gasteiger partial charge in [-0.2, -0.15) is 0 Å². The minimum atomic E-state index is 0. The van der Waals surface area contributed by atoms with E-state index in [0.717, 1.165) is 63.0 Å². The first-order chi connectivity index (χ1) is 15.6. The highest BCUT2D eigenvalue weighted by Crippen LogP contribution is 2.12. The van der Waals surface area contributed by atoms with Crippen LogP contribution >= 0.6 is 56.7 Å². The van der Waals surface area contributed by atoms with Crippen molar-refractivity contribution >= 4 is 68.5 Å². The molecule has 0 aromatic heterocycles. The summed E-state index contributed by atoms with van der Waals surface area (Å²) in [5.74, 6) is 0.586. The van der Waals surface area contributed by atoms with E-state index in [2.05, 4.69) is 41.7 Å². The van der Waals surface area contributed by atoms with Crippen LogP contribution in [0.1, 0.15) is 64.2 Å². The van der Waals surface area contributed by atoms with Gasteiger partial charge in [0.05, 0.1) is 0 Å². The highest BCUT2D eigenvalue weighted by Gasteiger charge is 2.21. The van der Waals surface area contributed by atoms with Crippen LogP contribution in [0.2, 0.25) is 0 Å². The fourth-order valence-corrected chi connectivity index (χ4v) is 5.33. The third-order valence-corrected chi connectivity index (χ3v) is 7.56. The standard InChI is InChI=1S/C24H44Br2N4O2.2ClH/c25-11-9-23(31)29-19-15-27(16-20-29)13-7-5-3-1-2-4-6-8-14-28-17-21-30(22-18-28)24(32)10-12-26;;/h1-22H2;2*1H. The molecule has 10 heteroatoms. The van der Waals surface area contributed by atoms with Crippen LogP contribution in [0, 0.1) is 0 Å². The van der Waals surface area contributed by atoms with Gasteiger partial charge in [0, 0.05) is 75.9 Å². The summed E-state index contributed by atoms with van der Waals surface area (Å²) < 4.78 is 0. The molecule has 34 heavy (non-hydrogen) atoms. The van der Waals surface area contributed by atoms with Crippen molar-refractivity contribution in [1.29, 1.82) is 0 Å². The Bertz CT molecular complexity index is 487. The molecule has 2 rings (SSSR count). The summed E-state index contributed by atoms with van der Waals surface area (Å²) in [6, 6.07) is 0. The molecule has 0 unspecified atom stereocenters. The summed E-state index contributed by atoms with van der Waals surface area (Å²) in [6.45, 7) is 10.1. The number of carbonyl (C=O) groups is 2. The smallest absolute Gasteiger partial charge is 0.223 e. The first-order valence-corrected chi connectivity index (χ1v) is 15.0. The SMILES string of the molecule is Cl.Cl.O=C(CCBr)N1CCN(CCCCCCCCCCN2CCN(C(=O)CCBr)CC2)CC1. The summed E-state index contributed by atoms with van der Waals surface area (Å²) in [5.41, 5.74) is 0. The Hall–Kier alpha value is 0.400. The van der Waals surface area contributed by atoms with Crippen molar-refractivity contribution in [3.63, 3.8) is 0 Å². The van der Waals surface area contributed by atoms with Gasteiger partial charge in [-0.15, -0.1) is 24.8 Å². The van der Waals surface area contributed by atoms with Crippen LogP contribution in [0.5, 0.6) is 0 Å². The van der Waals surface area contributed by atoms with E-state index in [4.69, 9.17) is 0 Å². The molecule has 2 heterocycles. The molecule has 0 atom stereocenters. The van der Waals surface area contributed by atoms with Gasteiger partial charge in [0.2, 0.25) is 11.8 Å². The van der Waals surface area contributed by atoms with E-state index in [-0.39, 0.29) is 24.8 Å². The van der Waals surface area contributed by atoms with Crippen molar-refractivity contribution in [2.24, 2.45) is 0 Å². The normalized spacial score (nSPS) is 17.2. The monoisotopic (exact) mass is 650 g/mol. The summed E-state index contributed by atoms with van der Waals surface area (Å²) in [6.07, 6.45) is 11.9. The number of amides is 2. The molecule has 0 spiro atoms. The maximum Gasteiger partial charge on any atom is 0.223 e. The quantitative estimate of drug-likeness (QED) is 0.188. The Labute approximate surface area is 237 Å². The molecule has 202 valence electrons. The fraction of sp³-hybridized carbons (Fsp3) is 0.917. The number of carbonyl (C=O) groups excluding carboxylic acids is 2. The summed E-state index contributed by atoms with van der Waals surface area (Å²) in [4.78, 5) is 32.9. The second-order valence-electron chi connectivity index (χ2n) is 9.15. The molecule has 6 nitrogen and oxygen atoms in total. The van der Waals surface area contributed by atoms with Gasteiger partial charge >= 0.3 is 0 Å². The minimum Gasteiger partial charge on any atom is -0.340 e. The third kappa shape index (κ3) is 14.2. The zero-order valence-corrected chi connectivity index (χ0v) is 25.5. The largest absolute Gasteiger partial charge is 0.340 e. The van der Waals surface area contributed by atoms with Crippen LogP contribution in [0.3, 0.4) is 0 Å². The van der Waals surface area contributed by atoms with E-state index in [1.165, 1.54) is 64.5 Å². The number of halogens is 4. The van der Waals surface area contributed by atoms with Gasteiger partial charge in [-0.3, -0.25) is 19.4 Å². The summed E-state index contributed by atoms with van der Waals surface area (Å²) in [5, 5.41) is 1.54. The van der Waals surface area contributed by atoms with Gasteiger partial charge in [0.25, 0.3) is 0 Å². The molecule has 0 aliphatic carbocycles. The maximum atomic E-state index is 11.9. The molecule has 2 amide bonds. The van der Waals surface area contributed by atoms with Gasteiger partial charge in [-0.1, -0.05) is 70.4 Å². The van der Waals surface area contributed by atoms with Crippen LogP contribution in [-0.4, -0.2) is 108 Å². The van der Waals surface area contributed by atoms with Crippen molar-refractivity contribution in [2.75, 3.05) is 76.1 Å². The molecule has 0 aromatic carbocycles. The van der Waals surface area contributed by atoms with Crippen molar-refractivity contribution < 1.29 is 9.59 Å². The number of piperazine rings is 2. The summed E-state index contributed by atoms with van der Waals surface area (Å²) in [7, 11) is 0. The molecule has 2 fully saturated rings. The lowest BCUT2D eigenvalue weighted by molar-refractivity contribution is -0.133. The average molecular weight is 653 g/mol. The predicted molar refractivity (Wildman–Crippen MR) is 154 cm³/mol. The zero-order chi connectivity index (χ0) is 23.0. The Morgan fingerprint density at radius 3 is 1.09 bits per heavy atom. The number of hydrogen-bond acceptors (Lipinski definition) is 4. The van der Waals surface area contributed by atoms with Crippen molar-refractivity contribution in [3.8, 4) is 0 Å². The molecule has 0 aromatic rings. The van der Waals surface area contributed by atoms with Crippen molar-refractivity contribution in [1.82, 2.24) is 19.6 Å². The van der Waals surface area contributed by atoms with Crippen molar-refractivity contribution in [2.45, 2.75) is 64.2 Å². The molecule has 2 saturated heterocycles. The number of rotatable bonds is 15. The van der Waals surface area contributed by atoms with Gasteiger partial charge in [-0.05, 0) is 25.9 Å². The molecule has 0 saturated carbocycles. The lowest BCUT2D eigenvalue weighted by atomic mass is 10.1. The lowest BCUT2D eigenvalue weighted by Crippen LogP contribution is -2.48. The van der Waals surface area contributed by atoms with Gasteiger partial charge in [-0.25, -0.2) is 0 Å². The van der Waals surface area contributed by atoms with E-state index in [9.17, 15) is 9.59 Å². The number of hydrogen-bond donors (Lipinski definition) is 0. The molecular formula is C24H46Br2Cl2N4O2. The first-order valence-electron chi connectivity index (χ1n) is 12.8. The number of nitrogens with zero attached hydrogens (tertiary/aromatic N) is 4. The Kier molecular flexibility index (Phi) is 21.7. The molecular weight excluding hydrogens is 607 g/mol. The van der Waals surface area contributed by atoms with E-state index < -0.39 is 0 Å². The van der Waals surface area contributed by atoms with E-state index in [1.54, 1.807) is 0 Å². The number of alkyl halides is 2. The second kappa shape index (κ2) is 21.5. The Morgan fingerprint density at radius 1 is 0.500 bits per heavy atom. The van der Waals surface area contributed by atoms with Gasteiger partial charge < -0.3 is 9.80 Å². The number of unbranched alkanes of at least 4 members (excludes halogenated alkanes) is 7. The lowest BCUT2D eigenvalue weighted by Gasteiger charge is -2.34. The molecule has 2 aliphatic rings. The van der Waals surface area contributed by atoms with Crippen LogP contribution in [0.4, 0.5) is 0 Å². The summed E-state index contributed by atoms with van der Waals surface area (Å²) >= 11 is 6.71. The Morgan fingerprint density at radius 2 is 0.794 bits per heavy atom. The van der Waals surface area contributed by atoms with Crippen LogP contribution in [0.25, 0.3) is 0 Å². The van der Waals surface area contributed by atoms with Gasteiger partial charge in [0.15, 0.2) is 0 Å². The minimum absolute atomic E-state index is 0. The molecule has 0 N–H and O–H groups in total. The third-order valence-electron chi connectivity index (χ3n) is 6.77.